The van der Waals surface area contributed by atoms with E-state index in [2.05, 4.69) is 10.6 Å². The molecule has 1 fully saturated rings. The first-order chi connectivity index (χ1) is 9.58. The number of anilines is 1. The van der Waals surface area contributed by atoms with Crippen LogP contribution in [0, 0.1) is 5.92 Å². The maximum Gasteiger partial charge on any atom is 0.250 e. The summed E-state index contributed by atoms with van der Waals surface area (Å²) < 4.78 is 0. The molecule has 2 rings (SSSR count). The van der Waals surface area contributed by atoms with Gasteiger partial charge in [-0.25, -0.2) is 0 Å². The number of piperidine rings is 1. The van der Waals surface area contributed by atoms with Crippen molar-refractivity contribution in [2.24, 2.45) is 17.4 Å². The summed E-state index contributed by atoms with van der Waals surface area (Å²) in [5.74, 6) is -0.546. The molecule has 1 saturated heterocycles. The van der Waals surface area contributed by atoms with Gasteiger partial charge in [-0.1, -0.05) is 0 Å². The lowest BCUT2D eigenvalue weighted by molar-refractivity contribution is 0.0989. The number of hydrogen-bond donors (Lipinski definition) is 4. The normalized spacial score (nSPS) is 18.5. The van der Waals surface area contributed by atoms with Gasteiger partial charge in [-0.3, -0.25) is 9.59 Å². The van der Waals surface area contributed by atoms with Gasteiger partial charge in [0.05, 0.1) is 5.56 Å². The first kappa shape index (κ1) is 14.3. The van der Waals surface area contributed by atoms with E-state index in [0.717, 1.165) is 32.5 Å². The Morgan fingerprint density at radius 2 is 2.10 bits per heavy atom. The zero-order chi connectivity index (χ0) is 14.5. The lowest BCUT2D eigenvalue weighted by Gasteiger charge is -2.24. The molecule has 6 nitrogen and oxygen atoms in total. The van der Waals surface area contributed by atoms with Gasteiger partial charge < -0.3 is 22.1 Å². The number of primary amides is 2. The first-order valence-electron chi connectivity index (χ1n) is 6.76. The summed E-state index contributed by atoms with van der Waals surface area (Å²) >= 11 is 0. The van der Waals surface area contributed by atoms with E-state index in [9.17, 15) is 9.59 Å². The third kappa shape index (κ3) is 3.48. The third-order valence-corrected chi connectivity index (χ3v) is 3.55. The predicted molar refractivity (Wildman–Crippen MR) is 77.6 cm³/mol. The van der Waals surface area contributed by atoms with E-state index in [-0.39, 0.29) is 0 Å². The molecule has 0 radical (unpaired) electrons. The van der Waals surface area contributed by atoms with Crippen LogP contribution in [0.15, 0.2) is 18.2 Å². The fourth-order valence-electron chi connectivity index (χ4n) is 2.41. The van der Waals surface area contributed by atoms with Crippen LogP contribution in [0.3, 0.4) is 0 Å². The van der Waals surface area contributed by atoms with Gasteiger partial charge in [0.1, 0.15) is 0 Å². The fourth-order valence-corrected chi connectivity index (χ4v) is 2.41. The molecule has 1 heterocycles. The number of benzene rings is 1. The van der Waals surface area contributed by atoms with Gasteiger partial charge in [0.25, 0.3) is 5.91 Å². The van der Waals surface area contributed by atoms with Gasteiger partial charge in [0.2, 0.25) is 5.91 Å². The smallest absolute Gasteiger partial charge is 0.250 e. The van der Waals surface area contributed by atoms with Crippen LogP contribution in [0.5, 0.6) is 0 Å². The van der Waals surface area contributed by atoms with E-state index in [0.29, 0.717) is 22.7 Å². The highest BCUT2D eigenvalue weighted by molar-refractivity contribution is 6.01. The SMILES string of the molecule is NC(=O)c1ccc(C(N)=O)c(NCC2CCCNC2)c1. The number of nitrogens with one attached hydrogen (secondary N) is 2. The number of carbonyl (C=O) groups is 2. The number of carbonyl (C=O) groups excluding carboxylic acids is 2. The Kier molecular flexibility index (Phi) is 4.57. The van der Waals surface area contributed by atoms with Crippen molar-refractivity contribution in [2.45, 2.75) is 12.8 Å². The number of hydrogen-bond acceptors (Lipinski definition) is 4. The lowest BCUT2D eigenvalue weighted by Crippen LogP contribution is -2.33. The third-order valence-electron chi connectivity index (χ3n) is 3.55. The molecule has 1 aromatic carbocycles. The van der Waals surface area contributed by atoms with Crippen LogP contribution in [0.1, 0.15) is 33.6 Å². The first-order valence-corrected chi connectivity index (χ1v) is 6.76. The minimum atomic E-state index is -0.525. The second-order valence-electron chi connectivity index (χ2n) is 5.08. The molecule has 0 bridgehead atoms. The molecular formula is C14H20N4O2. The molecule has 0 aromatic heterocycles. The standard InChI is InChI=1S/C14H20N4O2/c15-13(19)10-3-4-11(14(16)20)12(6-10)18-8-9-2-1-5-17-7-9/h3-4,6,9,17-18H,1-2,5,7-8H2,(H2,15,19)(H2,16,20). The number of rotatable bonds is 5. The van der Waals surface area contributed by atoms with E-state index in [1.807, 2.05) is 0 Å². The van der Waals surface area contributed by atoms with Gasteiger partial charge in [-0.15, -0.1) is 0 Å². The zero-order valence-corrected chi connectivity index (χ0v) is 11.3. The molecule has 0 aliphatic carbocycles. The highest BCUT2D eigenvalue weighted by Gasteiger charge is 2.15. The maximum absolute atomic E-state index is 11.4. The molecule has 108 valence electrons. The van der Waals surface area contributed by atoms with Crippen LogP contribution in [0.4, 0.5) is 5.69 Å². The van der Waals surface area contributed by atoms with Crippen LogP contribution >= 0.6 is 0 Å². The Hall–Kier alpha value is -2.08. The predicted octanol–water partition coefficient (Wildman–Crippen LogP) is 0.296. The minimum Gasteiger partial charge on any atom is -0.384 e. The second kappa shape index (κ2) is 6.38. The molecule has 1 atom stereocenters. The van der Waals surface area contributed by atoms with Crippen molar-refractivity contribution in [3.8, 4) is 0 Å². The Labute approximate surface area is 117 Å². The topological polar surface area (TPSA) is 110 Å². The van der Waals surface area contributed by atoms with Crippen molar-refractivity contribution in [3.05, 3.63) is 29.3 Å². The Morgan fingerprint density at radius 3 is 2.70 bits per heavy atom. The molecule has 0 saturated carbocycles. The molecule has 2 amide bonds. The Morgan fingerprint density at radius 1 is 1.30 bits per heavy atom. The molecule has 1 unspecified atom stereocenters. The van der Waals surface area contributed by atoms with Crippen LogP contribution in [-0.2, 0) is 0 Å². The molecule has 6 heteroatoms. The van der Waals surface area contributed by atoms with Gasteiger partial charge in [-0.05, 0) is 50.0 Å². The number of nitrogens with two attached hydrogens (primary N) is 2. The van der Waals surface area contributed by atoms with Gasteiger partial charge >= 0.3 is 0 Å². The summed E-state index contributed by atoms with van der Waals surface area (Å²) in [6.07, 6.45) is 2.29. The van der Waals surface area contributed by atoms with Gasteiger partial charge in [-0.2, -0.15) is 0 Å². The van der Waals surface area contributed by atoms with Crippen molar-refractivity contribution in [2.75, 3.05) is 25.0 Å². The van der Waals surface area contributed by atoms with Crippen molar-refractivity contribution in [1.82, 2.24) is 5.32 Å². The average molecular weight is 276 g/mol. The van der Waals surface area contributed by atoms with Crippen molar-refractivity contribution in [1.29, 1.82) is 0 Å². The quantitative estimate of drug-likeness (QED) is 0.619. The highest BCUT2D eigenvalue weighted by atomic mass is 16.1. The molecule has 20 heavy (non-hydrogen) atoms. The van der Waals surface area contributed by atoms with Crippen LogP contribution in [-0.4, -0.2) is 31.4 Å². The second-order valence-corrected chi connectivity index (χ2v) is 5.08. The van der Waals surface area contributed by atoms with E-state index < -0.39 is 11.8 Å². The molecule has 1 aliphatic rings. The Balaban J connectivity index is 2.12. The zero-order valence-electron chi connectivity index (χ0n) is 11.3. The van der Waals surface area contributed by atoms with Crippen molar-refractivity contribution < 1.29 is 9.59 Å². The molecule has 6 N–H and O–H groups in total. The largest absolute Gasteiger partial charge is 0.384 e. The van der Waals surface area contributed by atoms with Gasteiger partial charge in [0.15, 0.2) is 0 Å². The van der Waals surface area contributed by atoms with Gasteiger partial charge in [0, 0.05) is 17.8 Å². The highest BCUT2D eigenvalue weighted by Crippen LogP contribution is 2.19. The van der Waals surface area contributed by atoms with Crippen LogP contribution in [0.25, 0.3) is 0 Å². The summed E-state index contributed by atoms with van der Waals surface area (Å²) in [4.78, 5) is 22.6. The van der Waals surface area contributed by atoms with Crippen LogP contribution < -0.4 is 22.1 Å². The fraction of sp³-hybridized carbons (Fsp3) is 0.429. The molecule has 0 spiro atoms. The summed E-state index contributed by atoms with van der Waals surface area (Å²) in [5.41, 5.74) is 11.9. The Bertz CT molecular complexity index is 510. The summed E-state index contributed by atoms with van der Waals surface area (Å²) in [6.45, 7) is 2.74. The average Bonchev–Trinajstić information content (AvgIpc) is 2.45. The minimum absolute atomic E-state index is 0.360. The van der Waals surface area contributed by atoms with E-state index in [4.69, 9.17) is 11.5 Å². The summed E-state index contributed by atoms with van der Waals surface area (Å²) in [6, 6.07) is 4.62. The van der Waals surface area contributed by atoms with Crippen molar-refractivity contribution in [3.63, 3.8) is 0 Å². The molecular weight excluding hydrogens is 256 g/mol. The molecule has 1 aliphatic heterocycles. The maximum atomic E-state index is 11.4. The van der Waals surface area contributed by atoms with Crippen molar-refractivity contribution >= 4 is 17.5 Å². The van der Waals surface area contributed by atoms with E-state index in [1.54, 1.807) is 6.07 Å². The van der Waals surface area contributed by atoms with Crippen LogP contribution in [0.2, 0.25) is 0 Å². The van der Waals surface area contributed by atoms with E-state index in [1.165, 1.54) is 12.1 Å². The molecule has 1 aromatic rings. The lowest BCUT2D eigenvalue weighted by atomic mass is 9.99. The monoisotopic (exact) mass is 276 g/mol. The summed E-state index contributed by atoms with van der Waals surface area (Å²) in [7, 11) is 0. The van der Waals surface area contributed by atoms with E-state index >= 15 is 0 Å². The number of amides is 2. The summed E-state index contributed by atoms with van der Waals surface area (Å²) in [5, 5.41) is 6.54.